The average Bonchev–Trinajstić information content (AvgIpc) is 2.76. The molecule has 0 bridgehead atoms. The van der Waals surface area contributed by atoms with Crippen LogP contribution in [0.1, 0.15) is 17.2 Å². The maximum Gasteiger partial charge on any atom is 0.142 e. The Kier molecular flexibility index (Phi) is 3.99. The fourth-order valence-corrected chi connectivity index (χ4v) is 2.23. The monoisotopic (exact) mass is 267 g/mol. The van der Waals surface area contributed by atoms with Crippen molar-refractivity contribution in [3.63, 3.8) is 0 Å². The molecule has 2 aromatic rings. The number of rotatable bonds is 4. The van der Waals surface area contributed by atoms with Gasteiger partial charge < -0.3 is 5.32 Å². The predicted octanol–water partition coefficient (Wildman–Crippen LogP) is 2.72. The van der Waals surface area contributed by atoms with E-state index in [1.54, 1.807) is 16.9 Å². The minimum atomic E-state index is -0.388. The van der Waals surface area contributed by atoms with Crippen molar-refractivity contribution in [1.82, 2.24) is 15.1 Å². The third-order valence-electron chi connectivity index (χ3n) is 2.90. The zero-order valence-electron chi connectivity index (χ0n) is 10.3. The minimum absolute atomic E-state index is 0.0302. The van der Waals surface area contributed by atoms with E-state index in [9.17, 15) is 4.39 Å². The lowest BCUT2D eigenvalue weighted by atomic mass is 10.0. The molecule has 18 heavy (non-hydrogen) atoms. The number of hydrogen-bond acceptors (Lipinski definition) is 2. The van der Waals surface area contributed by atoms with Crippen molar-refractivity contribution in [3.05, 3.63) is 52.6 Å². The summed E-state index contributed by atoms with van der Waals surface area (Å²) >= 11 is 6.00. The van der Waals surface area contributed by atoms with Crippen LogP contribution in [0, 0.1) is 5.82 Å². The normalized spacial score (nSPS) is 12.7. The van der Waals surface area contributed by atoms with Crippen molar-refractivity contribution in [2.45, 2.75) is 12.5 Å². The van der Waals surface area contributed by atoms with Crippen LogP contribution in [-0.4, -0.2) is 16.8 Å². The van der Waals surface area contributed by atoms with E-state index in [4.69, 9.17) is 11.6 Å². The van der Waals surface area contributed by atoms with Crippen LogP contribution in [0.3, 0.4) is 0 Å². The van der Waals surface area contributed by atoms with Crippen molar-refractivity contribution < 1.29 is 4.39 Å². The van der Waals surface area contributed by atoms with Crippen molar-refractivity contribution >= 4 is 11.6 Å². The molecule has 1 aromatic heterocycles. The average molecular weight is 268 g/mol. The molecule has 0 saturated heterocycles. The molecule has 1 heterocycles. The van der Waals surface area contributed by atoms with Crippen molar-refractivity contribution in [2.75, 3.05) is 7.05 Å². The molecule has 3 nitrogen and oxygen atoms in total. The Morgan fingerprint density at radius 3 is 2.89 bits per heavy atom. The van der Waals surface area contributed by atoms with Crippen molar-refractivity contribution in [2.24, 2.45) is 7.05 Å². The van der Waals surface area contributed by atoms with E-state index < -0.39 is 0 Å². The smallest absolute Gasteiger partial charge is 0.142 e. The third kappa shape index (κ3) is 2.71. The second-order valence-electron chi connectivity index (χ2n) is 4.21. The van der Waals surface area contributed by atoms with E-state index in [1.165, 1.54) is 6.07 Å². The number of hydrogen-bond donors (Lipinski definition) is 1. The first-order chi connectivity index (χ1) is 8.61. The first-order valence-corrected chi connectivity index (χ1v) is 6.08. The Bertz CT molecular complexity index is 539. The van der Waals surface area contributed by atoms with Gasteiger partial charge in [0, 0.05) is 19.3 Å². The zero-order chi connectivity index (χ0) is 13.1. The molecule has 0 aliphatic heterocycles. The van der Waals surface area contributed by atoms with Gasteiger partial charge in [-0.3, -0.25) is 4.68 Å². The van der Waals surface area contributed by atoms with Gasteiger partial charge in [0.2, 0.25) is 0 Å². The van der Waals surface area contributed by atoms with Gasteiger partial charge in [-0.25, -0.2) is 4.39 Å². The second-order valence-corrected chi connectivity index (χ2v) is 4.59. The first kappa shape index (κ1) is 13.1. The molecule has 0 fully saturated rings. The lowest BCUT2D eigenvalue weighted by Crippen LogP contribution is -2.19. The minimum Gasteiger partial charge on any atom is -0.313 e. The predicted molar refractivity (Wildman–Crippen MR) is 70.1 cm³/mol. The molecule has 0 saturated carbocycles. The molecule has 96 valence electrons. The highest BCUT2D eigenvalue weighted by Crippen LogP contribution is 2.27. The number of aromatic nitrogens is 2. The van der Waals surface area contributed by atoms with Crippen LogP contribution in [0.25, 0.3) is 0 Å². The van der Waals surface area contributed by atoms with Crippen molar-refractivity contribution in [1.29, 1.82) is 0 Å². The maximum absolute atomic E-state index is 13.4. The Labute approximate surface area is 111 Å². The molecule has 1 unspecified atom stereocenters. The van der Waals surface area contributed by atoms with E-state index in [0.717, 1.165) is 11.1 Å². The quantitative estimate of drug-likeness (QED) is 0.923. The summed E-state index contributed by atoms with van der Waals surface area (Å²) in [5, 5.41) is 7.46. The largest absolute Gasteiger partial charge is 0.313 e. The fourth-order valence-electron chi connectivity index (χ4n) is 1.97. The summed E-state index contributed by atoms with van der Waals surface area (Å²) in [6.45, 7) is 0. The van der Waals surface area contributed by atoms with E-state index in [1.807, 2.05) is 26.4 Å². The van der Waals surface area contributed by atoms with Gasteiger partial charge in [0.1, 0.15) is 5.82 Å². The Morgan fingerprint density at radius 2 is 2.28 bits per heavy atom. The van der Waals surface area contributed by atoms with Crippen LogP contribution < -0.4 is 5.32 Å². The van der Waals surface area contributed by atoms with Crippen LogP contribution in [0.2, 0.25) is 5.02 Å². The molecule has 0 aliphatic rings. The molecule has 0 amide bonds. The third-order valence-corrected chi connectivity index (χ3v) is 3.30. The van der Waals surface area contributed by atoms with Gasteiger partial charge >= 0.3 is 0 Å². The van der Waals surface area contributed by atoms with Gasteiger partial charge in [0.15, 0.2) is 0 Å². The highest BCUT2D eigenvalue weighted by molar-refractivity contribution is 6.31. The summed E-state index contributed by atoms with van der Waals surface area (Å²) in [4.78, 5) is 0. The summed E-state index contributed by atoms with van der Waals surface area (Å²) in [5.41, 5.74) is 1.85. The number of aryl methyl sites for hydroxylation is 1. The SMILES string of the molecule is CNC(Cc1cnn(C)c1)c1cccc(F)c1Cl. The molecule has 0 aliphatic carbocycles. The van der Waals surface area contributed by atoms with E-state index in [2.05, 4.69) is 10.4 Å². The van der Waals surface area contributed by atoms with Crippen LogP contribution >= 0.6 is 11.6 Å². The number of benzene rings is 1. The summed E-state index contributed by atoms with van der Waals surface area (Å²) in [6, 6.07) is 4.84. The summed E-state index contributed by atoms with van der Waals surface area (Å²) in [6.07, 6.45) is 4.46. The molecular formula is C13H15ClFN3. The Hall–Kier alpha value is -1.39. The number of halogens is 2. The van der Waals surface area contributed by atoms with Gasteiger partial charge in [-0.1, -0.05) is 23.7 Å². The molecule has 1 aromatic carbocycles. The van der Waals surface area contributed by atoms with Gasteiger partial charge in [-0.15, -0.1) is 0 Å². The summed E-state index contributed by atoms with van der Waals surface area (Å²) < 4.78 is 15.2. The maximum atomic E-state index is 13.4. The van der Waals surface area contributed by atoms with Crippen LogP contribution in [0.15, 0.2) is 30.6 Å². The fraction of sp³-hybridized carbons (Fsp3) is 0.308. The number of likely N-dealkylation sites (N-methyl/N-ethyl adjacent to an activating group) is 1. The Morgan fingerprint density at radius 1 is 1.50 bits per heavy atom. The van der Waals surface area contributed by atoms with E-state index in [0.29, 0.717) is 6.42 Å². The molecule has 0 radical (unpaired) electrons. The molecule has 1 N–H and O–H groups in total. The highest BCUT2D eigenvalue weighted by atomic mass is 35.5. The van der Waals surface area contributed by atoms with Crippen LogP contribution in [0.4, 0.5) is 4.39 Å². The topological polar surface area (TPSA) is 29.9 Å². The van der Waals surface area contributed by atoms with Gasteiger partial charge in [-0.05, 0) is 30.7 Å². The lowest BCUT2D eigenvalue weighted by molar-refractivity contribution is 0.577. The Balaban J connectivity index is 2.25. The molecular weight excluding hydrogens is 253 g/mol. The van der Waals surface area contributed by atoms with Crippen LogP contribution in [0.5, 0.6) is 0 Å². The zero-order valence-corrected chi connectivity index (χ0v) is 11.1. The standard InChI is InChI=1S/C13H15ClFN3/c1-16-12(6-9-7-17-18(2)8-9)10-4-3-5-11(15)13(10)14/h3-5,7-8,12,16H,6H2,1-2H3. The second kappa shape index (κ2) is 5.50. The molecule has 0 spiro atoms. The summed E-state index contributed by atoms with van der Waals surface area (Å²) in [7, 11) is 3.70. The van der Waals surface area contributed by atoms with Gasteiger partial charge in [0.05, 0.1) is 11.2 Å². The van der Waals surface area contributed by atoms with E-state index >= 15 is 0 Å². The summed E-state index contributed by atoms with van der Waals surface area (Å²) in [5.74, 6) is -0.388. The van der Waals surface area contributed by atoms with Gasteiger partial charge in [-0.2, -0.15) is 5.10 Å². The molecule has 2 rings (SSSR count). The van der Waals surface area contributed by atoms with Crippen LogP contribution in [-0.2, 0) is 13.5 Å². The number of nitrogens with one attached hydrogen (secondary N) is 1. The highest BCUT2D eigenvalue weighted by Gasteiger charge is 2.16. The first-order valence-electron chi connectivity index (χ1n) is 5.70. The van der Waals surface area contributed by atoms with Gasteiger partial charge in [0.25, 0.3) is 0 Å². The lowest BCUT2D eigenvalue weighted by Gasteiger charge is -2.17. The van der Waals surface area contributed by atoms with E-state index in [-0.39, 0.29) is 16.9 Å². The number of nitrogens with zero attached hydrogens (tertiary/aromatic N) is 2. The molecule has 5 heteroatoms. The van der Waals surface area contributed by atoms with Crippen molar-refractivity contribution in [3.8, 4) is 0 Å². The molecule has 1 atom stereocenters.